The molecular weight excluding hydrogens is 537 g/mol. The van der Waals surface area contributed by atoms with Crippen LogP contribution >= 0.6 is 24.8 Å². The zero-order valence-corrected chi connectivity index (χ0v) is 24.9. The van der Waals surface area contributed by atoms with E-state index in [1.54, 1.807) is 0 Å². The van der Waals surface area contributed by atoms with E-state index in [-0.39, 0.29) is 60.7 Å². The summed E-state index contributed by atoms with van der Waals surface area (Å²) in [5.41, 5.74) is 4.16. The maximum absolute atomic E-state index is 13.8. The van der Waals surface area contributed by atoms with Crippen LogP contribution in [-0.2, 0) is 16.8 Å². The SMILES string of the molecule is CCCC(O)c1cc2c(cn1)C(C)(C)CN2C(=O)CN1C[C@@H](C)NC[C@@H]1CN1Cc2ccccc2C1=O.Cl.Cl. The molecule has 3 atom stereocenters. The normalized spacial score (nSPS) is 22.5. The summed E-state index contributed by atoms with van der Waals surface area (Å²) in [5, 5.41) is 14.1. The minimum atomic E-state index is -0.628. The van der Waals surface area contributed by atoms with Crippen LogP contribution in [0, 0.1) is 0 Å². The molecule has 1 fully saturated rings. The molecule has 0 spiro atoms. The molecule has 1 unspecified atom stereocenters. The van der Waals surface area contributed by atoms with Crippen LogP contribution in [0.3, 0.4) is 0 Å². The molecule has 214 valence electrons. The highest BCUT2D eigenvalue weighted by Gasteiger charge is 2.40. The fourth-order valence-electron chi connectivity index (χ4n) is 5.98. The first kappa shape index (κ1) is 31.3. The Kier molecular flexibility index (Phi) is 10.0. The fraction of sp³-hybridized carbons (Fsp3) is 0.552. The minimum Gasteiger partial charge on any atom is -0.387 e. The van der Waals surface area contributed by atoms with E-state index in [2.05, 4.69) is 36.0 Å². The molecule has 4 heterocycles. The van der Waals surface area contributed by atoms with Crippen LogP contribution in [0.2, 0.25) is 0 Å². The van der Waals surface area contributed by atoms with Crippen LogP contribution in [0.25, 0.3) is 0 Å². The molecule has 39 heavy (non-hydrogen) atoms. The van der Waals surface area contributed by atoms with Gasteiger partial charge in [0.1, 0.15) is 0 Å². The zero-order chi connectivity index (χ0) is 26.3. The number of carbonyl (C=O) groups excluding carboxylic acids is 2. The van der Waals surface area contributed by atoms with Crippen molar-refractivity contribution in [2.24, 2.45) is 0 Å². The Morgan fingerprint density at radius 1 is 1.26 bits per heavy atom. The average Bonchev–Trinajstić information content (AvgIpc) is 3.33. The molecule has 1 aromatic carbocycles. The van der Waals surface area contributed by atoms with E-state index in [1.165, 1.54) is 0 Å². The van der Waals surface area contributed by atoms with Gasteiger partial charge in [-0.2, -0.15) is 0 Å². The van der Waals surface area contributed by atoms with E-state index in [9.17, 15) is 14.7 Å². The number of hydrogen-bond donors (Lipinski definition) is 2. The van der Waals surface area contributed by atoms with Crippen molar-refractivity contribution in [3.63, 3.8) is 0 Å². The van der Waals surface area contributed by atoms with Gasteiger partial charge in [0.05, 0.1) is 24.0 Å². The second-order valence-corrected chi connectivity index (χ2v) is 11.5. The molecule has 0 saturated carbocycles. The first-order chi connectivity index (χ1) is 17.7. The minimum absolute atomic E-state index is 0. The lowest BCUT2D eigenvalue weighted by Gasteiger charge is -2.41. The number of amides is 2. The number of rotatable bonds is 7. The summed E-state index contributed by atoms with van der Waals surface area (Å²) in [6.45, 7) is 12.0. The van der Waals surface area contributed by atoms with Crippen molar-refractivity contribution in [1.29, 1.82) is 0 Å². The number of aromatic nitrogens is 1. The number of piperazine rings is 1. The molecule has 1 aromatic heterocycles. The molecular formula is C29H41Cl2N5O3. The highest BCUT2D eigenvalue weighted by atomic mass is 35.5. The quantitative estimate of drug-likeness (QED) is 0.521. The Morgan fingerprint density at radius 2 is 2.00 bits per heavy atom. The molecule has 0 aliphatic carbocycles. The van der Waals surface area contributed by atoms with Gasteiger partial charge < -0.3 is 20.2 Å². The molecule has 0 radical (unpaired) electrons. The van der Waals surface area contributed by atoms with Gasteiger partial charge in [-0.3, -0.25) is 19.5 Å². The number of pyridine rings is 1. The first-order valence-electron chi connectivity index (χ1n) is 13.5. The number of anilines is 1. The number of halogens is 2. The number of benzene rings is 1. The lowest BCUT2D eigenvalue weighted by molar-refractivity contribution is -0.120. The second-order valence-electron chi connectivity index (χ2n) is 11.5. The van der Waals surface area contributed by atoms with E-state index in [4.69, 9.17) is 0 Å². The van der Waals surface area contributed by atoms with Crippen LogP contribution in [0.4, 0.5) is 5.69 Å². The van der Waals surface area contributed by atoms with Crippen LogP contribution in [0.1, 0.15) is 73.8 Å². The number of hydrogen-bond acceptors (Lipinski definition) is 6. The number of aliphatic hydroxyl groups excluding tert-OH is 1. The van der Waals surface area contributed by atoms with Crippen LogP contribution < -0.4 is 10.2 Å². The third-order valence-electron chi connectivity index (χ3n) is 8.07. The molecule has 3 aliphatic rings. The van der Waals surface area contributed by atoms with Gasteiger partial charge in [-0.1, -0.05) is 45.4 Å². The first-order valence-corrected chi connectivity index (χ1v) is 13.5. The Balaban J connectivity index is 0.00000210. The maximum Gasteiger partial charge on any atom is 0.254 e. The Labute approximate surface area is 244 Å². The molecule has 2 aromatic rings. The van der Waals surface area contributed by atoms with E-state index in [1.807, 2.05) is 53.3 Å². The maximum atomic E-state index is 13.8. The van der Waals surface area contributed by atoms with Crippen molar-refractivity contribution in [2.75, 3.05) is 37.6 Å². The lowest BCUT2D eigenvalue weighted by atomic mass is 9.88. The molecule has 2 amide bonds. The summed E-state index contributed by atoms with van der Waals surface area (Å²) in [7, 11) is 0. The van der Waals surface area contributed by atoms with Crippen LogP contribution in [0.5, 0.6) is 0 Å². The van der Waals surface area contributed by atoms with Gasteiger partial charge in [0, 0.05) is 67.5 Å². The van der Waals surface area contributed by atoms with Crippen molar-refractivity contribution < 1.29 is 14.7 Å². The molecule has 10 heteroatoms. The van der Waals surface area contributed by atoms with Crippen molar-refractivity contribution in [1.82, 2.24) is 20.1 Å². The molecule has 0 bridgehead atoms. The van der Waals surface area contributed by atoms with Gasteiger partial charge in [0.25, 0.3) is 5.91 Å². The van der Waals surface area contributed by atoms with Gasteiger partial charge in [-0.05, 0) is 31.0 Å². The van der Waals surface area contributed by atoms with E-state index in [0.29, 0.717) is 31.7 Å². The van der Waals surface area contributed by atoms with Crippen LogP contribution in [-0.4, -0.2) is 76.5 Å². The van der Waals surface area contributed by atoms with Gasteiger partial charge in [0.15, 0.2) is 0 Å². The summed E-state index contributed by atoms with van der Waals surface area (Å²) in [5.74, 6) is 0.116. The molecule has 1 saturated heterocycles. The fourth-order valence-corrected chi connectivity index (χ4v) is 5.98. The Bertz CT molecular complexity index is 1190. The predicted molar refractivity (Wildman–Crippen MR) is 158 cm³/mol. The largest absolute Gasteiger partial charge is 0.387 e. The Hall–Kier alpha value is -2.23. The topological polar surface area (TPSA) is 89.0 Å². The third kappa shape index (κ3) is 6.25. The van der Waals surface area contributed by atoms with E-state index < -0.39 is 6.10 Å². The number of nitrogens with one attached hydrogen (secondary N) is 1. The lowest BCUT2D eigenvalue weighted by Crippen LogP contribution is -2.60. The zero-order valence-electron chi connectivity index (χ0n) is 23.2. The average molecular weight is 579 g/mol. The number of nitrogens with zero attached hydrogens (tertiary/aromatic N) is 4. The summed E-state index contributed by atoms with van der Waals surface area (Å²) >= 11 is 0. The van der Waals surface area contributed by atoms with Gasteiger partial charge in [-0.25, -0.2) is 0 Å². The van der Waals surface area contributed by atoms with Crippen LogP contribution in [0.15, 0.2) is 36.5 Å². The number of fused-ring (bicyclic) bond motifs is 2. The number of aliphatic hydroxyl groups is 1. The van der Waals surface area contributed by atoms with Gasteiger partial charge in [0.2, 0.25) is 5.91 Å². The summed E-state index contributed by atoms with van der Waals surface area (Å²) in [6, 6.07) is 10.0. The molecule has 2 N–H and O–H groups in total. The predicted octanol–water partition coefficient (Wildman–Crippen LogP) is 3.70. The smallest absolute Gasteiger partial charge is 0.254 e. The third-order valence-corrected chi connectivity index (χ3v) is 8.07. The van der Waals surface area contributed by atoms with Gasteiger partial charge in [-0.15, -0.1) is 24.8 Å². The summed E-state index contributed by atoms with van der Waals surface area (Å²) in [6.07, 6.45) is 2.71. The highest BCUT2D eigenvalue weighted by Crippen LogP contribution is 2.41. The van der Waals surface area contributed by atoms with Crippen molar-refractivity contribution >= 4 is 42.3 Å². The standard InChI is InChI=1S/C29H39N5O3.2ClH/c1-5-8-26(35)24-11-25-23(13-31-24)29(3,4)18-34(25)27(36)17-32-14-19(2)30-12-21(32)16-33-15-20-9-6-7-10-22(20)28(33)37;;/h6-7,9-11,13,19,21,26,30,35H,5,8,12,14-18H2,1-4H3;2*1H/t19-,21-,26?;;/m1../s1. The summed E-state index contributed by atoms with van der Waals surface area (Å²) in [4.78, 5) is 37.4. The van der Waals surface area contributed by atoms with Crippen molar-refractivity contribution in [3.05, 3.63) is 58.9 Å². The molecule has 3 aliphatic heterocycles. The van der Waals surface area contributed by atoms with Crippen molar-refractivity contribution in [2.45, 2.75) is 70.7 Å². The van der Waals surface area contributed by atoms with E-state index in [0.717, 1.165) is 41.9 Å². The number of carbonyl (C=O) groups is 2. The monoisotopic (exact) mass is 577 g/mol. The summed E-state index contributed by atoms with van der Waals surface area (Å²) < 4.78 is 0. The second kappa shape index (κ2) is 12.5. The Morgan fingerprint density at radius 3 is 2.72 bits per heavy atom. The van der Waals surface area contributed by atoms with Gasteiger partial charge >= 0.3 is 0 Å². The van der Waals surface area contributed by atoms with E-state index >= 15 is 0 Å². The van der Waals surface area contributed by atoms with Crippen molar-refractivity contribution in [3.8, 4) is 0 Å². The molecule has 5 rings (SSSR count). The molecule has 8 nitrogen and oxygen atoms in total. The highest BCUT2D eigenvalue weighted by molar-refractivity contribution is 5.99.